The number of carboxylic acid groups (broad SMARTS) is 1. The van der Waals surface area contributed by atoms with Gasteiger partial charge in [-0.05, 0) is 84.9 Å². The van der Waals surface area contributed by atoms with Crippen LogP contribution in [0.2, 0.25) is 0 Å². The van der Waals surface area contributed by atoms with Crippen molar-refractivity contribution in [2.24, 2.45) is 22.2 Å². The molecule has 2 aromatic rings. The second kappa shape index (κ2) is 11.5. The van der Waals surface area contributed by atoms with Gasteiger partial charge in [0, 0.05) is 17.7 Å². The largest absolute Gasteiger partial charge is 0.481 e. The first-order valence-corrected chi connectivity index (χ1v) is 14.1. The number of amides is 2. The summed E-state index contributed by atoms with van der Waals surface area (Å²) in [6.45, 7) is 11.0. The van der Waals surface area contributed by atoms with E-state index in [-0.39, 0.29) is 48.0 Å². The highest BCUT2D eigenvalue weighted by Gasteiger charge is 2.53. The van der Waals surface area contributed by atoms with Gasteiger partial charge in [-0.1, -0.05) is 46.8 Å². The van der Waals surface area contributed by atoms with E-state index >= 15 is 0 Å². The molecular formula is C32H40FN3O4. The maximum atomic E-state index is 14.2. The fourth-order valence-corrected chi connectivity index (χ4v) is 6.14. The lowest BCUT2D eigenvalue weighted by Gasteiger charge is -2.48. The first kappa shape index (κ1) is 29.4. The van der Waals surface area contributed by atoms with E-state index in [4.69, 9.17) is 10.1 Å². The molecular weight excluding hydrogens is 509 g/mol. The van der Waals surface area contributed by atoms with E-state index in [1.54, 1.807) is 24.3 Å². The average molecular weight is 550 g/mol. The first-order valence-electron chi connectivity index (χ1n) is 14.1. The molecule has 40 heavy (non-hydrogen) atoms. The Labute approximate surface area is 235 Å². The molecule has 1 fully saturated rings. The molecule has 2 aliphatic rings. The minimum Gasteiger partial charge on any atom is -0.481 e. The molecule has 1 aliphatic heterocycles. The van der Waals surface area contributed by atoms with Gasteiger partial charge in [0.25, 0.3) is 11.8 Å². The maximum Gasteiger partial charge on any atom is 0.305 e. The number of rotatable bonds is 8. The van der Waals surface area contributed by atoms with Gasteiger partial charge in [-0.15, -0.1) is 0 Å². The lowest BCUT2D eigenvalue weighted by atomic mass is 9.69. The van der Waals surface area contributed by atoms with Crippen LogP contribution in [0.25, 0.3) is 0 Å². The molecule has 0 radical (unpaired) electrons. The molecule has 0 saturated heterocycles. The summed E-state index contributed by atoms with van der Waals surface area (Å²) in [4.78, 5) is 44.6. The summed E-state index contributed by atoms with van der Waals surface area (Å²) in [5.74, 6) is -1.26. The molecule has 2 amide bonds. The van der Waals surface area contributed by atoms with Crippen molar-refractivity contribution in [1.82, 2.24) is 10.2 Å². The molecule has 1 atom stereocenters. The minimum absolute atomic E-state index is 0.0500. The van der Waals surface area contributed by atoms with Crippen LogP contribution in [0.4, 0.5) is 4.39 Å². The Kier molecular flexibility index (Phi) is 8.47. The second-order valence-corrected chi connectivity index (χ2v) is 12.5. The minimum atomic E-state index is -0.974. The van der Waals surface area contributed by atoms with Gasteiger partial charge < -0.3 is 15.3 Å². The van der Waals surface area contributed by atoms with Crippen molar-refractivity contribution < 1.29 is 23.9 Å². The van der Waals surface area contributed by atoms with Crippen molar-refractivity contribution in [2.45, 2.75) is 78.4 Å². The summed E-state index contributed by atoms with van der Waals surface area (Å²) in [6.07, 6.45) is 3.25. The zero-order valence-electron chi connectivity index (χ0n) is 24.0. The fourth-order valence-electron chi connectivity index (χ4n) is 6.14. The van der Waals surface area contributed by atoms with Gasteiger partial charge in [0.1, 0.15) is 17.2 Å². The zero-order chi connectivity index (χ0) is 29.2. The van der Waals surface area contributed by atoms with Gasteiger partial charge in [-0.3, -0.25) is 19.4 Å². The molecule has 8 heteroatoms. The highest BCUT2D eigenvalue weighted by atomic mass is 19.1. The summed E-state index contributed by atoms with van der Waals surface area (Å²) in [7, 11) is 0. The van der Waals surface area contributed by atoms with Gasteiger partial charge in [-0.25, -0.2) is 4.39 Å². The lowest BCUT2D eigenvalue weighted by Crippen LogP contribution is -2.52. The van der Waals surface area contributed by atoms with Crippen LogP contribution in [0.15, 0.2) is 53.5 Å². The van der Waals surface area contributed by atoms with Crippen LogP contribution in [-0.4, -0.2) is 45.7 Å². The normalized spacial score (nSPS) is 22.0. The van der Waals surface area contributed by atoms with Crippen LogP contribution in [0.1, 0.15) is 94.2 Å². The number of nitrogens with zero attached hydrogens (tertiary/aromatic N) is 2. The van der Waals surface area contributed by atoms with Gasteiger partial charge in [0.2, 0.25) is 0 Å². The molecule has 2 aromatic carbocycles. The number of nitrogens with one attached hydrogen (secondary N) is 1. The number of aliphatic carboxylic acids is 1. The summed E-state index contributed by atoms with van der Waals surface area (Å²) >= 11 is 0. The topological polar surface area (TPSA) is 99.1 Å². The molecule has 0 aromatic heterocycles. The molecule has 214 valence electrons. The Hall–Kier alpha value is -3.55. The monoisotopic (exact) mass is 549 g/mol. The Balaban J connectivity index is 1.68. The number of benzene rings is 2. The number of carbonyl (C=O) groups excluding carboxylic acids is 2. The molecule has 1 heterocycles. The molecule has 1 unspecified atom stereocenters. The Morgan fingerprint density at radius 1 is 1.07 bits per heavy atom. The second-order valence-electron chi connectivity index (χ2n) is 12.5. The Morgan fingerprint density at radius 2 is 1.68 bits per heavy atom. The lowest BCUT2D eigenvalue weighted by molar-refractivity contribution is -0.137. The number of hydrogen-bond donors (Lipinski definition) is 2. The Morgan fingerprint density at radius 3 is 2.20 bits per heavy atom. The maximum absolute atomic E-state index is 14.2. The summed E-state index contributed by atoms with van der Waals surface area (Å²) < 4.78 is 13.7. The summed E-state index contributed by atoms with van der Waals surface area (Å²) in [5, 5.41) is 11.5. The third kappa shape index (κ3) is 6.11. The molecule has 1 aliphatic carbocycles. The molecule has 7 nitrogen and oxygen atoms in total. The molecule has 4 rings (SSSR count). The van der Waals surface area contributed by atoms with Crippen LogP contribution in [-0.2, 0) is 9.59 Å². The number of carboxylic acids is 1. The van der Waals surface area contributed by atoms with Crippen molar-refractivity contribution in [3.05, 3.63) is 71.0 Å². The molecule has 1 spiro atoms. The van der Waals surface area contributed by atoms with Gasteiger partial charge in [0.05, 0.1) is 12.5 Å². The van der Waals surface area contributed by atoms with E-state index in [9.17, 15) is 18.8 Å². The van der Waals surface area contributed by atoms with Crippen molar-refractivity contribution in [1.29, 1.82) is 0 Å². The summed E-state index contributed by atoms with van der Waals surface area (Å²) in [6, 6.07) is 12.8. The van der Waals surface area contributed by atoms with Crippen molar-refractivity contribution in [3.63, 3.8) is 0 Å². The van der Waals surface area contributed by atoms with Gasteiger partial charge >= 0.3 is 5.97 Å². The van der Waals surface area contributed by atoms with E-state index in [1.165, 1.54) is 12.1 Å². The van der Waals surface area contributed by atoms with E-state index in [0.717, 1.165) is 31.2 Å². The zero-order valence-corrected chi connectivity index (χ0v) is 24.0. The highest BCUT2D eigenvalue weighted by Crippen LogP contribution is 2.50. The first-order chi connectivity index (χ1) is 18.8. The average Bonchev–Trinajstić information content (AvgIpc) is 3.15. The molecule has 1 saturated carbocycles. The quantitative estimate of drug-likeness (QED) is 0.422. The number of hydrogen-bond acceptors (Lipinski definition) is 4. The fraction of sp³-hybridized carbons (Fsp3) is 0.500. The smallest absolute Gasteiger partial charge is 0.305 e. The highest BCUT2D eigenvalue weighted by molar-refractivity contribution is 6.46. The van der Waals surface area contributed by atoms with Crippen LogP contribution in [0.5, 0.6) is 0 Å². The number of aliphatic imine (C=N–C) groups is 1. The van der Waals surface area contributed by atoms with Crippen molar-refractivity contribution in [2.75, 3.05) is 6.54 Å². The predicted octanol–water partition coefficient (Wildman–Crippen LogP) is 5.99. The standard InChI is InChI=1S/C32H40FN3O4/c1-20(2)28(22-6-8-23(9-7-22)29(39)34-19-16-26(37)38)36-30(40)27(21-10-12-25(33)13-11-21)35-32(36)17-14-24(15-18-32)31(3,4)5/h6-13,20,24,28H,14-19H2,1-5H3,(H,34,39)(H,37,38). The van der Waals surface area contributed by atoms with E-state index in [0.29, 0.717) is 22.8 Å². The van der Waals surface area contributed by atoms with Crippen LogP contribution in [0.3, 0.4) is 0 Å². The third-order valence-electron chi connectivity index (χ3n) is 8.37. The number of halogens is 1. The predicted molar refractivity (Wildman–Crippen MR) is 153 cm³/mol. The van der Waals surface area contributed by atoms with Crippen molar-refractivity contribution >= 4 is 23.5 Å². The number of carbonyl (C=O) groups is 3. The van der Waals surface area contributed by atoms with Gasteiger partial charge in [0.15, 0.2) is 0 Å². The molecule has 2 N–H and O–H groups in total. The SMILES string of the molecule is CC(C)C(c1ccc(C(=O)NCCC(=O)O)cc1)N1C(=O)C(c2ccc(F)cc2)=NC12CCC(C(C)(C)C)CC2. The van der Waals surface area contributed by atoms with Crippen LogP contribution < -0.4 is 5.32 Å². The van der Waals surface area contributed by atoms with E-state index < -0.39 is 11.6 Å². The summed E-state index contributed by atoms with van der Waals surface area (Å²) in [5.41, 5.74) is 1.78. The van der Waals surface area contributed by atoms with Crippen molar-refractivity contribution in [3.8, 4) is 0 Å². The van der Waals surface area contributed by atoms with E-state index in [2.05, 4.69) is 39.9 Å². The van der Waals surface area contributed by atoms with Gasteiger partial charge in [-0.2, -0.15) is 0 Å². The van der Waals surface area contributed by atoms with Crippen LogP contribution >= 0.6 is 0 Å². The van der Waals surface area contributed by atoms with Crippen LogP contribution in [0, 0.1) is 23.1 Å². The van der Waals surface area contributed by atoms with E-state index in [1.807, 2.05) is 17.0 Å². The Bertz CT molecular complexity index is 1270. The third-order valence-corrected chi connectivity index (χ3v) is 8.37. The molecule has 0 bridgehead atoms.